The molecule has 1 N–H and O–H groups in total. The van der Waals surface area contributed by atoms with Crippen LogP contribution in [0.15, 0.2) is 15.7 Å². The van der Waals surface area contributed by atoms with Gasteiger partial charge >= 0.3 is 0 Å². The van der Waals surface area contributed by atoms with E-state index in [9.17, 15) is 18.3 Å². The van der Waals surface area contributed by atoms with Crippen LogP contribution in [0.4, 0.5) is 0 Å². The Labute approximate surface area is 180 Å². The zero-order valence-electron chi connectivity index (χ0n) is 16.7. The summed E-state index contributed by atoms with van der Waals surface area (Å²) < 4.78 is 25.7. The molecule has 4 nitrogen and oxygen atoms in total. The highest BCUT2D eigenvalue weighted by Gasteiger charge is 2.30. The highest BCUT2D eigenvalue weighted by atomic mass is 35.5. The maximum Gasteiger partial charge on any atom is 0.194 e. The van der Waals surface area contributed by atoms with E-state index in [4.69, 9.17) is 11.6 Å². The molecule has 0 aliphatic heterocycles. The van der Waals surface area contributed by atoms with Crippen LogP contribution in [-0.4, -0.2) is 25.1 Å². The van der Waals surface area contributed by atoms with Gasteiger partial charge in [0.25, 0.3) is 0 Å². The second kappa shape index (κ2) is 7.49. The summed E-state index contributed by atoms with van der Waals surface area (Å²) in [6, 6.07) is 1.48. The van der Waals surface area contributed by atoms with Crippen LogP contribution in [0.5, 0.6) is 0 Å². The molecule has 0 saturated heterocycles. The van der Waals surface area contributed by atoms with Crippen LogP contribution in [0.25, 0.3) is 0 Å². The van der Waals surface area contributed by atoms with Crippen LogP contribution in [0.3, 0.4) is 0 Å². The molecule has 0 radical (unpaired) electrons. The number of carbonyl (C=O) groups is 1. The van der Waals surface area contributed by atoms with Gasteiger partial charge in [0.1, 0.15) is 9.96 Å². The third kappa shape index (κ3) is 3.92. The summed E-state index contributed by atoms with van der Waals surface area (Å²) >= 11 is 7.69. The molecule has 0 spiro atoms. The fraction of sp³-hybridized carbons (Fsp3) is 0.500. The summed E-state index contributed by atoms with van der Waals surface area (Å²) in [6.07, 6.45) is 5.93. The van der Waals surface area contributed by atoms with E-state index in [1.165, 1.54) is 28.3 Å². The molecule has 2 aliphatic rings. The van der Waals surface area contributed by atoms with Crippen molar-refractivity contribution in [3.8, 4) is 0 Å². The van der Waals surface area contributed by atoms with Gasteiger partial charge in [-0.1, -0.05) is 11.6 Å². The Morgan fingerprint density at radius 3 is 2.17 bits per heavy atom. The number of hydrogen-bond acceptors (Lipinski definition) is 5. The normalized spacial score (nSPS) is 16.1. The molecule has 0 fully saturated rings. The first-order valence-corrected chi connectivity index (χ1v) is 12.9. The third-order valence-corrected chi connectivity index (χ3v) is 9.67. The van der Waals surface area contributed by atoms with Crippen LogP contribution in [0.2, 0.25) is 5.02 Å². The Morgan fingerprint density at radius 2 is 1.66 bits per heavy atom. The van der Waals surface area contributed by atoms with Gasteiger partial charge in [0.05, 0.1) is 5.60 Å². The van der Waals surface area contributed by atoms with Crippen molar-refractivity contribution in [3.63, 3.8) is 0 Å². The molecular weight excluding hydrogens is 428 g/mol. The number of aliphatic hydroxyl groups is 1. The lowest BCUT2D eigenvalue weighted by Gasteiger charge is -2.17. The molecule has 4 rings (SSSR count). The number of rotatable bonds is 6. The Balaban J connectivity index is 1.59. The quantitative estimate of drug-likeness (QED) is 0.713. The summed E-state index contributed by atoms with van der Waals surface area (Å²) in [5.74, 6) is -0.793. The van der Waals surface area contributed by atoms with E-state index in [1.807, 2.05) is 0 Å². The van der Waals surface area contributed by atoms with Crippen molar-refractivity contribution in [3.05, 3.63) is 49.8 Å². The minimum Gasteiger partial charge on any atom is -0.386 e. The molecule has 2 aliphatic carbocycles. The largest absolute Gasteiger partial charge is 0.386 e. The molecule has 156 valence electrons. The Kier molecular flexibility index (Phi) is 5.43. The van der Waals surface area contributed by atoms with Gasteiger partial charge in [-0.3, -0.25) is 4.79 Å². The Hall–Kier alpha value is -1.21. The monoisotopic (exact) mass is 452 g/mol. The summed E-state index contributed by atoms with van der Waals surface area (Å²) in [5.41, 5.74) is 5.18. The van der Waals surface area contributed by atoms with Crippen LogP contribution in [0.1, 0.15) is 60.1 Å². The summed E-state index contributed by atoms with van der Waals surface area (Å²) in [4.78, 5) is 12.8. The highest BCUT2D eigenvalue weighted by molar-refractivity contribution is 7.94. The molecule has 0 unspecified atom stereocenters. The van der Waals surface area contributed by atoms with E-state index in [0.717, 1.165) is 60.4 Å². The molecule has 0 amide bonds. The van der Waals surface area contributed by atoms with Crippen LogP contribution in [-0.2, 0) is 52.3 Å². The minimum absolute atomic E-state index is 0.134. The molecule has 2 aromatic rings. The lowest BCUT2D eigenvalue weighted by molar-refractivity contribution is -0.116. The predicted octanol–water partition coefficient (Wildman–Crippen LogP) is 4.19. The highest BCUT2D eigenvalue weighted by Crippen LogP contribution is 2.41. The third-order valence-electron chi connectivity index (χ3n) is 6.01. The molecule has 1 heterocycles. The lowest BCUT2D eigenvalue weighted by Crippen LogP contribution is -2.19. The standard InChI is InChI=1S/C22H25ClO4S2/c1-22(2,25)13-9-20(28-11-13)29(26,27)12-14(24)10-19-15-5-3-7-17(15)21(23)18-8-4-6-16(18)19/h9,11,25H,3-8,10,12H2,1-2H3. The first-order chi connectivity index (χ1) is 13.6. The first kappa shape index (κ1) is 21.0. The van der Waals surface area contributed by atoms with Gasteiger partial charge in [0.15, 0.2) is 15.6 Å². The van der Waals surface area contributed by atoms with E-state index in [1.54, 1.807) is 19.2 Å². The zero-order chi connectivity index (χ0) is 21.0. The zero-order valence-corrected chi connectivity index (χ0v) is 19.1. The Morgan fingerprint density at radius 1 is 1.10 bits per heavy atom. The number of sulfone groups is 1. The van der Waals surface area contributed by atoms with Crippen molar-refractivity contribution in [2.24, 2.45) is 0 Å². The Bertz CT molecular complexity index is 1060. The predicted molar refractivity (Wildman–Crippen MR) is 116 cm³/mol. The number of Topliss-reactive ketones (excluding diaryl/α,β-unsaturated/α-hetero) is 1. The molecular formula is C22H25ClO4S2. The smallest absolute Gasteiger partial charge is 0.194 e. The number of fused-ring (bicyclic) bond motifs is 2. The van der Waals surface area contributed by atoms with E-state index < -0.39 is 21.2 Å². The van der Waals surface area contributed by atoms with Crippen molar-refractivity contribution in [1.29, 1.82) is 0 Å². The van der Waals surface area contributed by atoms with E-state index >= 15 is 0 Å². The van der Waals surface area contributed by atoms with Crippen molar-refractivity contribution in [2.45, 2.75) is 68.6 Å². The maximum atomic E-state index is 12.8. The molecule has 0 atom stereocenters. The van der Waals surface area contributed by atoms with Gasteiger partial charge in [0.2, 0.25) is 0 Å². The van der Waals surface area contributed by atoms with Gasteiger partial charge < -0.3 is 5.11 Å². The first-order valence-electron chi connectivity index (χ1n) is 9.97. The van der Waals surface area contributed by atoms with Gasteiger partial charge in [0, 0.05) is 11.4 Å². The van der Waals surface area contributed by atoms with Gasteiger partial charge in [-0.05, 0) is 97.2 Å². The summed E-state index contributed by atoms with van der Waals surface area (Å²) in [7, 11) is -3.72. The average Bonchev–Trinajstić information content (AvgIpc) is 3.37. The summed E-state index contributed by atoms with van der Waals surface area (Å²) in [6.45, 7) is 3.22. The maximum absolute atomic E-state index is 12.8. The van der Waals surface area contributed by atoms with E-state index in [2.05, 4.69) is 0 Å². The lowest BCUT2D eigenvalue weighted by atomic mass is 9.91. The number of benzene rings is 1. The molecule has 0 saturated carbocycles. The van der Waals surface area contributed by atoms with Crippen molar-refractivity contribution in [2.75, 3.05) is 5.75 Å². The van der Waals surface area contributed by atoms with Crippen LogP contribution < -0.4 is 0 Å². The van der Waals surface area contributed by atoms with Crippen LogP contribution in [0, 0.1) is 0 Å². The second-order valence-corrected chi connectivity index (χ2v) is 12.1. The average molecular weight is 453 g/mol. The molecule has 1 aromatic heterocycles. The number of ketones is 1. The fourth-order valence-corrected chi connectivity index (χ4v) is 7.64. The molecule has 29 heavy (non-hydrogen) atoms. The second-order valence-electron chi connectivity index (χ2n) is 8.60. The number of carbonyl (C=O) groups excluding carboxylic acids is 1. The number of hydrogen-bond donors (Lipinski definition) is 1. The number of thiophene rings is 1. The SMILES string of the molecule is CC(C)(O)c1csc(S(=O)(=O)CC(=O)Cc2c3c(c(Cl)c4c2CCC4)CCC3)c1. The van der Waals surface area contributed by atoms with Crippen molar-refractivity contribution >= 4 is 38.6 Å². The van der Waals surface area contributed by atoms with E-state index in [0.29, 0.717) is 5.56 Å². The van der Waals surface area contributed by atoms with E-state index in [-0.39, 0.29) is 16.4 Å². The van der Waals surface area contributed by atoms with Crippen molar-refractivity contribution < 1.29 is 18.3 Å². The molecule has 7 heteroatoms. The molecule has 0 bridgehead atoms. The van der Waals surface area contributed by atoms with Gasteiger partial charge in [-0.2, -0.15) is 0 Å². The van der Waals surface area contributed by atoms with Crippen molar-refractivity contribution in [1.82, 2.24) is 0 Å². The number of halogens is 1. The fourth-order valence-electron chi connectivity index (χ4n) is 4.55. The summed E-state index contributed by atoms with van der Waals surface area (Å²) in [5, 5.41) is 12.6. The minimum atomic E-state index is -3.72. The van der Waals surface area contributed by atoms with Gasteiger partial charge in [-0.25, -0.2) is 8.42 Å². The topological polar surface area (TPSA) is 71.4 Å². The van der Waals surface area contributed by atoms with Crippen LogP contribution >= 0.6 is 22.9 Å². The molecule has 1 aromatic carbocycles. The van der Waals surface area contributed by atoms with Gasteiger partial charge in [-0.15, -0.1) is 11.3 Å².